The third-order valence-corrected chi connectivity index (χ3v) is 2.86. The van der Waals surface area contributed by atoms with E-state index >= 15 is 0 Å². The van der Waals surface area contributed by atoms with Crippen molar-refractivity contribution in [3.63, 3.8) is 0 Å². The maximum atomic E-state index is 5.87. The molecule has 0 amide bonds. The summed E-state index contributed by atoms with van der Waals surface area (Å²) in [5, 5.41) is 1.21. The van der Waals surface area contributed by atoms with Crippen molar-refractivity contribution in [2.24, 2.45) is 5.41 Å². The minimum Gasteiger partial charge on any atom is -0.493 e. The van der Waals surface area contributed by atoms with Crippen molar-refractivity contribution in [3.8, 4) is 5.75 Å². The molecule has 84 valence electrons. The molecule has 1 aromatic carbocycles. The van der Waals surface area contributed by atoms with Crippen LogP contribution in [0.1, 0.15) is 27.2 Å². The van der Waals surface area contributed by atoms with Crippen molar-refractivity contribution in [1.29, 1.82) is 0 Å². The fourth-order valence-electron chi connectivity index (χ4n) is 0.993. The molecule has 0 spiro atoms. The number of halogens is 2. The first-order chi connectivity index (χ1) is 6.93. The summed E-state index contributed by atoms with van der Waals surface area (Å²) in [6, 6.07) is 5.25. The van der Waals surface area contributed by atoms with Gasteiger partial charge in [0.25, 0.3) is 0 Å². The molecule has 0 fully saturated rings. The maximum absolute atomic E-state index is 5.87. The van der Waals surface area contributed by atoms with Crippen LogP contribution in [-0.2, 0) is 0 Å². The molecule has 0 N–H and O–H groups in total. The average Bonchev–Trinajstić information content (AvgIpc) is 2.14. The Balaban J connectivity index is 2.65. The van der Waals surface area contributed by atoms with Crippen LogP contribution in [0.2, 0.25) is 10.0 Å². The largest absolute Gasteiger partial charge is 0.493 e. The molecule has 0 saturated carbocycles. The van der Waals surface area contributed by atoms with Crippen LogP contribution in [0.15, 0.2) is 18.2 Å². The predicted molar refractivity (Wildman–Crippen MR) is 66.0 cm³/mol. The molecule has 0 heterocycles. The van der Waals surface area contributed by atoms with E-state index in [0.717, 1.165) is 12.2 Å². The van der Waals surface area contributed by atoms with Gasteiger partial charge >= 0.3 is 0 Å². The summed E-state index contributed by atoms with van der Waals surface area (Å²) in [5.74, 6) is 0.731. The van der Waals surface area contributed by atoms with Crippen LogP contribution in [-0.4, -0.2) is 6.61 Å². The van der Waals surface area contributed by atoms with Crippen LogP contribution in [0.4, 0.5) is 0 Å². The van der Waals surface area contributed by atoms with Gasteiger partial charge in [0.2, 0.25) is 0 Å². The van der Waals surface area contributed by atoms with Gasteiger partial charge in [-0.3, -0.25) is 0 Å². The van der Waals surface area contributed by atoms with E-state index in [-0.39, 0.29) is 5.41 Å². The number of hydrogen-bond donors (Lipinski definition) is 0. The molecule has 0 aliphatic carbocycles. The minimum atomic E-state index is 0.175. The van der Waals surface area contributed by atoms with Crippen LogP contribution < -0.4 is 4.74 Å². The summed E-state index contributed by atoms with van der Waals surface area (Å²) < 4.78 is 5.65. The van der Waals surface area contributed by atoms with Crippen molar-refractivity contribution in [2.75, 3.05) is 6.61 Å². The molecule has 0 saturated heterocycles. The molecule has 0 atom stereocenters. The second-order valence-corrected chi connectivity index (χ2v) is 5.28. The summed E-state index contributed by atoms with van der Waals surface area (Å²) in [5.41, 5.74) is 0.175. The van der Waals surface area contributed by atoms with Crippen molar-refractivity contribution in [3.05, 3.63) is 28.2 Å². The molecular formula is C12H16Cl2O. The Kier molecular flexibility index (Phi) is 4.30. The standard InChI is InChI=1S/C12H16Cl2O/c1-4-12(2,3)8-15-11-6-9(13)5-10(14)7-11/h5-7H,4,8H2,1-3H3. The van der Waals surface area contributed by atoms with Gasteiger partial charge in [-0.05, 0) is 30.0 Å². The van der Waals surface area contributed by atoms with Gasteiger partial charge in [0, 0.05) is 10.0 Å². The molecule has 15 heavy (non-hydrogen) atoms. The number of hydrogen-bond acceptors (Lipinski definition) is 1. The lowest BCUT2D eigenvalue weighted by Gasteiger charge is -2.22. The first-order valence-corrected chi connectivity index (χ1v) is 5.77. The Morgan fingerprint density at radius 2 is 1.67 bits per heavy atom. The van der Waals surface area contributed by atoms with Gasteiger partial charge in [0.15, 0.2) is 0 Å². The first-order valence-electron chi connectivity index (χ1n) is 5.02. The molecule has 0 aliphatic rings. The molecule has 1 rings (SSSR count). The number of ether oxygens (including phenoxy) is 1. The van der Waals surface area contributed by atoms with Gasteiger partial charge in [-0.15, -0.1) is 0 Å². The Morgan fingerprint density at radius 1 is 1.13 bits per heavy atom. The lowest BCUT2D eigenvalue weighted by Crippen LogP contribution is -2.20. The fraction of sp³-hybridized carbons (Fsp3) is 0.500. The summed E-state index contributed by atoms with van der Waals surface area (Å²) in [6.07, 6.45) is 1.07. The van der Waals surface area contributed by atoms with Gasteiger partial charge in [-0.1, -0.05) is 44.0 Å². The third kappa shape index (κ3) is 4.31. The molecule has 1 nitrogen and oxygen atoms in total. The van der Waals surface area contributed by atoms with Crippen LogP contribution >= 0.6 is 23.2 Å². The Bertz CT molecular complexity index is 314. The highest BCUT2D eigenvalue weighted by atomic mass is 35.5. The first kappa shape index (κ1) is 12.7. The third-order valence-electron chi connectivity index (χ3n) is 2.42. The van der Waals surface area contributed by atoms with Gasteiger partial charge in [-0.2, -0.15) is 0 Å². The highest BCUT2D eigenvalue weighted by molar-refractivity contribution is 6.34. The SMILES string of the molecule is CCC(C)(C)COc1cc(Cl)cc(Cl)c1. The molecule has 0 aromatic heterocycles. The zero-order valence-electron chi connectivity index (χ0n) is 9.31. The van der Waals surface area contributed by atoms with Gasteiger partial charge in [-0.25, -0.2) is 0 Å². The van der Waals surface area contributed by atoms with E-state index in [2.05, 4.69) is 20.8 Å². The highest BCUT2D eigenvalue weighted by Gasteiger charge is 2.16. The zero-order chi connectivity index (χ0) is 11.5. The van der Waals surface area contributed by atoms with E-state index in [1.165, 1.54) is 0 Å². The Hall–Kier alpha value is -0.400. The molecule has 0 radical (unpaired) electrons. The van der Waals surface area contributed by atoms with Crippen LogP contribution in [0, 0.1) is 5.41 Å². The second kappa shape index (κ2) is 5.09. The summed E-state index contributed by atoms with van der Waals surface area (Å²) in [7, 11) is 0. The van der Waals surface area contributed by atoms with Crippen LogP contribution in [0.25, 0.3) is 0 Å². The van der Waals surface area contributed by atoms with E-state index < -0.39 is 0 Å². The van der Waals surface area contributed by atoms with E-state index in [9.17, 15) is 0 Å². The summed E-state index contributed by atoms with van der Waals surface area (Å²) >= 11 is 11.7. The van der Waals surface area contributed by atoms with E-state index in [0.29, 0.717) is 16.7 Å². The average molecular weight is 247 g/mol. The fourth-order valence-corrected chi connectivity index (χ4v) is 1.50. The smallest absolute Gasteiger partial charge is 0.122 e. The summed E-state index contributed by atoms with van der Waals surface area (Å²) in [4.78, 5) is 0. The van der Waals surface area contributed by atoms with Crippen molar-refractivity contribution >= 4 is 23.2 Å². The molecule has 1 aromatic rings. The zero-order valence-corrected chi connectivity index (χ0v) is 10.8. The van der Waals surface area contributed by atoms with Crippen molar-refractivity contribution < 1.29 is 4.74 Å². The van der Waals surface area contributed by atoms with Crippen LogP contribution in [0.3, 0.4) is 0 Å². The van der Waals surface area contributed by atoms with E-state index in [1.807, 2.05) is 0 Å². The minimum absolute atomic E-state index is 0.175. The summed E-state index contributed by atoms with van der Waals surface area (Å²) in [6.45, 7) is 7.15. The van der Waals surface area contributed by atoms with Gasteiger partial charge < -0.3 is 4.74 Å². The maximum Gasteiger partial charge on any atom is 0.122 e. The van der Waals surface area contributed by atoms with Crippen LogP contribution in [0.5, 0.6) is 5.75 Å². The van der Waals surface area contributed by atoms with Gasteiger partial charge in [0.05, 0.1) is 6.61 Å². The number of rotatable bonds is 4. The molecule has 0 aliphatic heterocycles. The molecule has 0 unspecified atom stereocenters. The molecule has 0 bridgehead atoms. The highest BCUT2D eigenvalue weighted by Crippen LogP contribution is 2.27. The van der Waals surface area contributed by atoms with E-state index in [1.54, 1.807) is 18.2 Å². The molecule has 3 heteroatoms. The quantitative estimate of drug-likeness (QED) is 0.741. The Labute approximate surface area is 101 Å². The normalized spacial score (nSPS) is 11.5. The number of benzene rings is 1. The van der Waals surface area contributed by atoms with Gasteiger partial charge in [0.1, 0.15) is 5.75 Å². The van der Waals surface area contributed by atoms with Crippen molar-refractivity contribution in [1.82, 2.24) is 0 Å². The Morgan fingerprint density at radius 3 is 2.13 bits per heavy atom. The van der Waals surface area contributed by atoms with Crippen molar-refractivity contribution in [2.45, 2.75) is 27.2 Å². The lowest BCUT2D eigenvalue weighted by molar-refractivity contribution is 0.175. The topological polar surface area (TPSA) is 9.23 Å². The predicted octanol–water partition coefficient (Wildman–Crippen LogP) is 4.81. The second-order valence-electron chi connectivity index (χ2n) is 4.41. The molecular weight excluding hydrogens is 231 g/mol. The monoisotopic (exact) mass is 246 g/mol. The lowest BCUT2D eigenvalue weighted by atomic mass is 9.92. The van der Waals surface area contributed by atoms with E-state index in [4.69, 9.17) is 27.9 Å².